The summed E-state index contributed by atoms with van der Waals surface area (Å²) >= 11 is 3.69. The fraction of sp³-hybridized carbons (Fsp3) is 0.286. The largest absolute Gasteiger partial charge is 0.356 e. The molecule has 0 atom stereocenters. The minimum atomic E-state index is 0.206. The summed E-state index contributed by atoms with van der Waals surface area (Å²) in [4.78, 5) is 8.35. The van der Waals surface area contributed by atoms with Crippen LogP contribution in [0.1, 0.15) is 24.0 Å². The maximum absolute atomic E-state index is 4.37. The number of benzene rings is 2. The van der Waals surface area contributed by atoms with E-state index in [1.54, 1.807) is 18.1 Å². The van der Waals surface area contributed by atoms with Gasteiger partial charge in [0, 0.05) is 30.0 Å². The number of aliphatic imine (C=N–C) groups is 1. The lowest BCUT2D eigenvalue weighted by molar-refractivity contribution is 0.643. The number of hydrogen-bond acceptors (Lipinski definition) is 3. The number of nitrogens with one attached hydrogen (secondary N) is 2. The Hall–Kier alpha value is -2.67. The van der Waals surface area contributed by atoms with Crippen LogP contribution in [0.15, 0.2) is 70.7 Å². The second-order valence-electron chi connectivity index (χ2n) is 7.05. The van der Waals surface area contributed by atoms with Gasteiger partial charge in [-0.15, -0.1) is 0 Å². The highest BCUT2D eigenvalue weighted by Gasteiger charge is 2.45. The van der Waals surface area contributed by atoms with Gasteiger partial charge in [0.25, 0.3) is 0 Å². The maximum Gasteiger partial charge on any atom is 0.191 e. The molecule has 1 saturated carbocycles. The third-order valence-corrected chi connectivity index (χ3v) is 5.89. The summed E-state index contributed by atoms with van der Waals surface area (Å²) < 4.78 is 2.93. The van der Waals surface area contributed by atoms with Gasteiger partial charge in [-0.2, -0.15) is 5.10 Å². The summed E-state index contributed by atoms with van der Waals surface area (Å²) in [7, 11) is 1.81. The molecular formula is C21H23BrN6. The summed E-state index contributed by atoms with van der Waals surface area (Å²) in [6.45, 7) is 1.58. The monoisotopic (exact) mass is 438 g/mol. The minimum Gasteiger partial charge on any atom is -0.356 e. The summed E-state index contributed by atoms with van der Waals surface area (Å²) in [5.41, 5.74) is 3.75. The molecule has 7 heteroatoms. The van der Waals surface area contributed by atoms with E-state index < -0.39 is 0 Å². The second-order valence-corrected chi connectivity index (χ2v) is 7.90. The molecule has 0 amide bonds. The van der Waals surface area contributed by atoms with Gasteiger partial charge in [0.05, 0.1) is 5.69 Å². The van der Waals surface area contributed by atoms with Crippen molar-refractivity contribution in [2.45, 2.75) is 24.8 Å². The van der Waals surface area contributed by atoms with Crippen LogP contribution in [0.4, 0.5) is 0 Å². The Morgan fingerprint density at radius 2 is 1.93 bits per heavy atom. The normalized spacial score (nSPS) is 15.3. The first kappa shape index (κ1) is 18.7. The molecule has 0 bridgehead atoms. The molecule has 6 nitrogen and oxygen atoms in total. The van der Waals surface area contributed by atoms with E-state index in [0.29, 0.717) is 6.54 Å². The fourth-order valence-electron chi connectivity index (χ4n) is 3.35. The van der Waals surface area contributed by atoms with Crippen LogP contribution in [0.25, 0.3) is 5.69 Å². The van der Waals surface area contributed by atoms with Crippen molar-refractivity contribution in [1.82, 2.24) is 25.4 Å². The zero-order chi connectivity index (χ0) is 19.4. The Morgan fingerprint density at radius 1 is 1.14 bits per heavy atom. The van der Waals surface area contributed by atoms with Crippen molar-refractivity contribution >= 4 is 21.9 Å². The zero-order valence-electron chi connectivity index (χ0n) is 15.8. The van der Waals surface area contributed by atoms with Crippen molar-refractivity contribution in [3.63, 3.8) is 0 Å². The minimum absolute atomic E-state index is 0.206. The van der Waals surface area contributed by atoms with Gasteiger partial charge in [0.2, 0.25) is 0 Å². The van der Waals surface area contributed by atoms with Gasteiger partial charge in [0.15, 0.2) is 5.96 Å². The van der Waals surface area contributed by atoms with Gasteiger partial charge in [-0.3, -0.25) is 4.99 Å². The van der Waals surface area contributed by atoms with Crippen LogP contribution in [-0.4, -0.2) is 34.3 Å². The summed E-state index contributed by atoms with van der Waals surface area (Å²) in [6.07, 6.45) is 5.62. The van der Waals surface area contributed by atoms with E-state index in [0.717, 1.165) is 18.2 Å². The van der Waals surface area contributed by atoms with Gasteiger partial charge in [-0.05, 0) is 42.2 Å². The van der Waals surface area contributed by atoms with E-state index in [9.17, 15) is 0 Å². The van der Waals surface area contributed by atoms with E-state index >= 15 is 0 Å². The van der Waals surface area contributed by atoms with Crippen molar-refractivity contribution in [1.29, 1.82) is 0 Å². The van der Waals surface area contributed by atoms with Crippen molar-refractivity contribution in [3.8, 4) is 5.69 Å². The fourth-order valence-corrected chi connectivity index (χ4v) is 4.06. The number of aromatic nitrogens is 3. The molecule has 1 heterocycles. The number of guanidine groups is 1. The molecule has 1 aliphatic carbocycles. The predicted octanol–water partition coefficient (Wildman–Crippen LogP) is 3.43. The molecule has 0 unspecified atom stereocenters. The van der Waals surface area contributed by atoms with Gasteiger partial charge in [0.1, 0.15) is 12.7 Å². The molecule has 0 aliphatic heterocycles. The molecule has 0 radical (unpaired) electrons. The van der Waals surface area contributed by atoms with E-state index in [-0.39, 0.29) is 5.41 Å². The predicted molar refractivity (Wildman–Crippen MR) is 115 cm³/mol. The van der Waals surface area contributed by atoms with Crippen LogP contribution in [0.2, 0.25) is 0 Å². The Morgan fingerprint density at radius 3 is 2.57 bits per heavy atom. The highest BCUT2D eigenvalue weighted by molar-refractivity contribution is 9.10. The molecule has 3 aromatic rings. The van der Waals surface area contributed by atoms with Gasteiger partial charge >= 0.3 is 0 Å². The SMILES string of the molecule is CN=C(NCc1ccc(-n2cncn2)cc1)NCC1(c2ccccc2Br)CC1. The zero-order valence-corrected chi connectivity index (χ0v) is 17.4. The van der Waals surface area contributed by atoms with Crippen molar-refractivity contribution < 1.29 is 0 Å². The lowest BCUT2D eigenvalue weighted by atomic mass is 9.96. The molecule has 144 valence electrons. The van der Waals surface area contributed by atoms with Crippen molar-refractivity contribution in [2.24, 2.45) is 4.99 Å². The average Bonchev–Trinajstić information content (AvgIpc) is 3.31. The molecule has 2 N–H and O–H groups in total. The first-order valence-corrected chi connectivity index (χ1v) is 10.1. The van der Waals surface area contributed by atoms with Crippen molar-refractivity contribution in [2.75, 3.05) is 13.6 Å². The highest BCUT2D eigenvalue weighted by atomic mass is 79.9. The molecule has 1 aliphatic rings. The van der Waals surface area contributed by atoms with E-state index in [2.05, 4.69) is 78.0 Å². The summed E-state index contributed by atoms with van der Waals surface area (Å²) in [5.74, 6) is 0.818. The molecule has 4 rings (SSSR count). The van der Waals surface area contributed by atoms with Crippen LogP contribution < -0.4 is 10.6 Å². The average molecular weight is 439 g/mol. The van der Waals surface area contributed by atoms with Gasteiger partial charge < -0.3 is 10.6 Å². The van der Waals surface area contributed by atoms with Crippen LogP contribution in [0.5, 0.6) is 0 Å². The second kappa shape index (κ2) is 8.14. The molecular weight excluding hydrogens is 416 g/mol. The number of halogens is 1. The highest BCUT2D eigenvalue weighted by Crippen LogP contribution is 2.49. The van der Waals surface area contributed by atoms with Crippen molar-refractivity contribution in [3.05, 3.63) is 76.8 Å². The molecule has 0 saturated heterocycles. The lowest BCUT2D eigenvalue weighted by Gasteiger charge is -2.20. The van der Waals surface area contributed by atoms with Crippen LogP contribution in [0, 0.1) is 0 Å². The third-order valence-electron chi connectivity index (χ3n) is 5.20. The van der Waals surface area contributed by atoms with E-state index in [1.807, 2.05) is 12.1 Å². The Kier molecular flexibility index (Phi) is 5.43. The van der Waals surface area contributed by atoms with E-state index in [1.165, 1.54) is 34.8 Å². The Labute approximate surface area is 173 Å². The smallest absolute Gasteiger partial charge is 0.191 e. The molecule has 0 spiro atoms. The Balaban J connectivity index is 1.33. The quantitative estimate of drug-likeness (QED) is 0.456. The standard InChI is InChI=1S/C21H23BrN6/c1-23-20(26-13-21(10-11-21)18-4-2-3-5-19(18)22)25-12-16-6-8-17(9-7-16)28-15-24-14-27-28/h2-9,14-15H,10-13H2,1H3,(H2,23,25,26). The molecule has 2 aromatic carbocycles. The lowest BCUT2D eigenvalue weighted by Crippen LogP contribution is -2.41. The first-order chi connectivity index (χ1) is 13.7. The third kappa shape index (κ3) is 4.09. The Bertz CT molecular complexity index is 945. The first-order valence-electron chi connectivity index (χ1n) is 9.34. The summed E-state index contributed by atoms with van der Waals surface area (Å²) in [6, 6.07) is 16.7. The maximum atomic E-state index is 4.37. The van der Waals surface area contributed by atoms with Gasteiger partial charge in [-0.25, -0.2) is 9.67 Å². The summed E-state index contributed by atoms with van der Waals surface area (Å²) in [5, 5.41) is 11.0. The molecule has 1 fully saturated rings. The number of nitrogens with zero attached hydrogens (tertiary/aromatic N) is 4. The molecule has 1 aromatic heterocycles. The van der Waals surface area contributed by atoms with Gasteiger partial charge in [-0.1, -0.05) is 46.3 Å². The van der Waals surface area contributed by atoms with Crippen LogP contribution in [0.3, 0.4) is 0 Å². The van der Waals surface area contributed by atoms with Crippen LogP contribution in [-0.2, 0) is 12.0 Å². The number of hydrogen-bond donors (Lipinski definition) is 2. The number of rotatable bonds is 6. The molecule has 28 heavy (non-hydrogen) atoms. The van der Waals surface area contributed by atoms with E-state index in [4.69, 9.17) is 0 Å². The topological polar surface area (TPSA) is 67.1 Å². The van der Waals surface area contributed by atoms with Crippen LogP contribution >= 0.6 is 15.9 Å².